The first kappa shape index (κ1) is 13.7. The van der Waals surface area contributed by atoms with Crippen LogP contribution in [0.15, 0.2) is 18.2 Å². The van der Waals surface area contributed by atoms with Crippen molar-refractivity contribution in [3.8, 4) is 0 Å². The molecule has 0 aliphatic rings. The van der Waals surface area contributed by atoms with Crippen molar-refractivity contribution >= 4 is 24.0 Å². The van der Waals surface area contributed by atoms with E-state index in [0.717, 1.165) is 12.4 Å². The Morgan fingerprint density at radius 1 is 1.29 bits per heavy atom. The fourth-order valence-electron chi connectivity index (χ4n) is 1.10. The Bertz CT molecular complexity index is 429. The average Bonchev–Trinajstić information content (AvgIpc) is 2.24. The molecule has 0 aromatic carbocycles. The molecule has 1 aromatic rings. The van der Waals surface area contributed by atoms with E-state index in [1.54, 1.807) is 12.2 Å². The molecule has 6 heteroatoms. The van der Waals surface area contributed by atoms with Crippen molar-refractivity contribution in [3.63, 3.8) is 0 Å². The van der Waals surface area contributed by atoms with E-state index in [2.05, 4.69) is 4.98 Å². The van der Waals surface area contributed by atoms with Gasteiger partial charge >= 0.3 is 6.18 Å². The van der Waals surface area contributed by atoms with E-state index in [4.69, 9.17) is 11.6 Å². The smallest absolute Gasteiger partial charge is 0.303 e. The van der Waals surface area contributed by atoms with Crippen LogP contribution >= 0.6 is 11.6 Å². The normalized spacial score (nSPS) is 12.0. The zero-order valence-electron chi connectivity index (χ0n) is 8.67. The van der Waals surface area contributed by atoms with Gasteiger partial charge in [0.2, 0.25) is 0 Å². The highest BCUT2D eigenvalue weighted by molar-refractivity contribution is 6.30. The van der Waals surface area contributed by atoms with Crippen molar-refractivity contribution in [2.75, 3.05) is 0 Å². The molecule has 0 saturated carbocycles. The second-order valence-corrected chi connectivity index (χ2v) is 3.58. The molecule has 1 aromatic heterocycles. The first-order chi connectivity index (χ1) is 7.95. The van der Waals surface area contributed by atoms with Gasteiger partial charge in [-0.2, -0.15) is 13.2 Å². The summed E-state index contributed by atoms with van der Waals surface area (Å²) in [6.45, 7) is 0. The minimum atomic E-state index is -4.50. The number of pyridine rings is 1. The average molecular weight is 264 g/mol. The number of carbonyl (C=O) groups excluding carboxylic acids is 1. The van der Waals surface area contributed by atoms with Crippen molar-refractivity contribution in [2.24, 2.45) is 0 Å². The van der Waals surface area contributed by atoms with Gasteiger partial charge in [0.1, 0.15) is 17.1 Å². The maximum absolute atomic E-state index is 12.3. The third-order valence-corrected chi connectivity index (χ3v) is 2.22. The summed E-state index contributed by atoms with van der Waals surface area (Å²) in [5.41, 5.74) is -0.627. The number of halogens is 4. The molecule has 0 aliphatic heterocycles. The molecule has 0 fully saturated rings. The van der Waals surface area contributed by atoms with Crippen LogP contribution in [0.1, 0.15) is 24.1 Å². The molecule has 0 unspecified atom stereocenters. The van der Waals surface area contributed by atoms with Crippen molar-refractivity contribution in [3.05, 3.63) is 34.6 Å². The molecule has 1 rings (SSSR count). The lowest BCUT2D eigenvalue weighted by molar-refractivity contribution is -0.141. The van der Waals surface area contributed by atoms with Crippen molar-refractivity contribution < 1.29 is 18.0 Å². The van der Waals surface area contributed by atoms with Gasteiger partial charge in [-0.25, -0.2) is 4.98 Å². The summed E-state index contributed by atoms with van der Waals surface area (Å²) in [7, 11) is 0. The number of alkyl halides is 3. The topological polar surface area (TPSA) is 30.0 Å². The Morgan fingerprint density at radius 3 is 2.53 bits per heavy atom. The number of allylic oxidation sites excluding steroid dienone is 1. The van der Waals surface area contributed by atoms with Gasteiger partial charge in [0.25, 0.3) is 0 Å². The highest BCUT2D eigenvalue weighted by atomic mass is 35.5. The Labute approximate surface area is 101 Å². The molecule has 0 bridgehead atoms. The summed E-state index contributed by atoms with van der Waals surface area (Å²) in [4.78, 5) is 13.3. The maximum atomic E-state index is 12.3. The van der Waals surface area contributed by atoms with E-state index < -0.39 is 11.9 Å². The number of aromatic nitrogens is 1. The molecule has 1 heterocycles. The molecule has 0 amide bonds. The fourth-order valence-corrected chi connectivity index (χ4v) is 1.32. The highest BCUT2D eigenvalue weighted by Gasteiger charge is 2.32. The van der Waals surface area contributed by atoms with E-state index >= 15 is 0 Å². The standard InChI is InChI=1S/C11H9ClF3NO/c12-10-8(4-2-1-3-7-17)5-6-9(16-10)11(13,14)15/h2,4-7H,1,3H2/b4-2+. The van der Waals surface area contributed by atoms with Crippen LogP contribution in [-0.4, -0.2) is 11.3 Å². The number of nitrogens with zero attached hydrogens (tertiary/aromatic N) is 1. The number of hydrogen-bond acceptors (Lipinski definition) is 2. The monoisotopic (exact) mass is 263 g/mol. The van der Waals surface area contributed by atoms with Gasteiger partial charge in [-0.3, -0.25) is 0 Å². The Hall–Kier alpha value is -1.36. The second kappa shape index (κ2) is 5.82. The lowest BCUT2D eigenvalue weighted by Crippen LogP contribution is -2.07. The lowest BCUT2D eigenvalue weighted by Gasteiger charge is -2.06. The second-order valence-electron chi connectivity index (χ2n) is 3.22. The minimum Gasteiger partial charge on any atom is -0.303 e. The maximum Gasteiger partial charge on any atom is 0.433 e. The van der Waals surface area contributed by atoms with Gasteiger partial charge in [-0.15, -0.1) is 0 Å². The van der Waals surface area contributed by atoms with Crippen LogP contribution in [0.3, 0.4) is 0 Å². The zero-order chi connectivity index (χ0) is 12.9. The van der Waals surface area contributed by atoms with Gasteiger partial charge in [0, 0.05) is 12.0 Å². The molecule has 0 aliphatic carbocycles. The van der Waals surface area contributed by atoms with E-state index in [-0.39, 0.29) is 5.15 Å². The highest BCUT2D eigenvalue weighted by Crippen LogP contribution is 2.29. The van der Waals surface area contributed by atoms with Crippen LogP contribution in [-0.2, 0) is 11.0 Å². The molecule has 92 valence electrons. The van der Waals surface area contributed by atoms with Crippen LogP contribution in [0.5, 0.6) is 0 Å². The summed E-state index contributed by atoms with van der Waals surface area (Å²) < 4.78 is 36.8. The summed E-state index contributed by atoms with van der Waals surface area (Å²) in [6.07, 6.45) is 0.340. The number of hydrogen-bond donors (Lipinski definition) is 0. The number of carbonyl (C=O) groups is 1. The predicted octanol–water partition coefficient (Wildman–Crippen LogP) is 3.75. The van der Waals surface area contributed by atoms with Crippen LogP contribution in [0, 0.1) is 0 Å². The number of unbranched alkanes of at least 4 members (excludes halogenated alkanes) is 1. The Balaban J connectivity index is 2.83. The predicted molar refractivity (Wildman–Crippen MR) is 58.6 cm³/mol. The van der Waals surface area contributed by atoms with Crippen LogP contribution in [0.25, 0.3) is 6.08 Å². The Morgan fingerprint density at radius 2 is 2.00 bits per heavy atom. The first-order valence-corrected chi connectivity index (χ1v) is 5.17. The number of rotatable bonds is 4. The van der Waals surface area contributed by atoms with Gasteiger partial charge in [0.15, 0.2) is 0 Å². The van der Waals surface area contributed by atoms with E-state index in [0.29, 0.717) is 18.4 Å². The molecule has 0 spiro atoms. The van der Waals surface area contributed by atoms with E-state index in [9.17, 15) is 18.0 Å². The fraction of sp³-hybridized carbons (Fsp3) is 0.273. The lowest BCUT2D eigenvalue weighted by atomic mass is 10.2. The molecule has 2 nitrogen and oxygen atoms in total. The SMILES string of the molecule is O=CCC/C=C/c1ccc(C(F)(F)F)nc1Cl. The molecule has 0 saturated heterocycles. The van der Waals surface area contributed by atoms with Gasteiger partial charge < -0.3 is 4.79 Å². The third-order valence-electron chi connectivity index (χ3n) is 1.92. The van der Waals surface area contributed by atoms with Crippen molar-refractivity contribution in [1.29, 1.82) is 0 Å². The van der Waals surface area contributed by atoms with E-state index in [1.807, 2.05) is 0 Å². The zero-order valence-corrected chi connectivity index (χ0v) is 9.42. The molecular formula is C11H9ClF3NO. The van der Waals surface area contributed by atoms with Gasteiger partial charge in [-0.1, -0.05) is 23.8 Å². The van der Waals surface area contributed by atoms with Crippen molar-refractivity contribution in [2.45, 2.75) is 19.0 Å². The van der Waals surface area contributed by atoms with Crippen LogP contribution < -0.4 is 0 Å². The molecule has 0 radical (unpaired) electrons. The van der Waals surface area contributed by atoms with Gasteiger partial charge in [-0.05, 0) is 18.6 Å². The summed E-state index contributed by atoms with van der Waals surface area (Å²) >= 11 is 5.62. The molecular weight excluding hydrogens is 255 g/mol. The summed E-state index contributed by atoms with van der Waals surface area (Å²) in [5, 5.41) is -0.206. The summed E-state index contributed by atoms with van der Waals surface area (Å²) in [6, 6.07) is 2.11. The number of aldehydes is 1. The van der Waals surface area contributed by atoms with Gasteiger partial charge in [0.05, 0.1) is 0 Å². The van der Waals surface area contributed by atoms with Crippen LogP contribution in [0.4, 0.5) is 13.2 Å². The largest absolute Gasteiger partial charge is 0.433 e. The molecule has 0 atom stereocenters. The minimum absolute atomic E-state index is 0.206. The third kappa shape index (κ3) is 4.19. The quantitative estimate of drug-likeness (QED) is 0.470. The van der Waals surface area contributed by atoms with E-state index in [1.165, 1.54) is 6.07 Å². The van der Waals surface area contributed by atoms with Crippen LogP contribution in [0.2, 0.25) is 5.15 Å². The summed E-state index contributed by atoms with van der Waals surface area (Å²) in [5.74, 6) is 0. The molecule has 0 N–H and O–H groups in total. The Kier molecular flexibility index (Phi) is 4.69. The van der Waals surface area contributed by atoms with Crippen molar-refractivity contribution in [1.82, 2.24) is 4.98 Å². The first-order valence-electron chi connectivity index (χ1n) is 4.79. The molecule has 17 heavy (non-hydrogen) atoms.